The van der Waals surface area contributed by atoms with Gasteiger partial charge in [-0.15, -0.1) is 0 Å². The summed E-state index contributed by atoms with van der Waals surface area (Å²) in [7, 11) is 1.94. The monoisotopic (exact) mass is 251 g/mol. The lowest BCUT2D eigenvalue weighted by Crippen LogP contribution is -2.55. The minimum Gasteiger partial charge on any atom is -0.296 e. The van der Waals surface area contributed by atoms with E-state index in [2.05, 4.69) is 29.3 Å². The van der Waals surface area contributed by atoms with Gasteiger partial charge in [-0.25, -0.2) is 5.43 Å². The molecule has 3 N–H and O–H groups in total. The minimum absolute atomic E-state index is 0.0243. The first-order valence-corrected chi connectivity index (χ1v) is 6.76. The molecule has 1 aromatic heterocycles. The molecule has 0 bridgehead atoms. The molecule has 1 saturated heterocycles. The smallest absolute Gasteiger partial charge is 0.0828 e. The highest BCUT2D eigenvalue weighted by molar-refractivity contribution is 5.12. The molecule has 2 heterocycles. The van der Waals surface area contributed by atoms with Gasteiger partial charge in [0.25, 0.3) is 0 Å². The number of hydrazine groups is 1. The molecule has 1 aromatic rings. The molecule has 1 unspecified atom stereocenters. The van der Waals surface area contributed by atoms with E-state index in [0.29, 0.717) is 0 Å². The van der Waals surface area contributed by atoms with Crippen LogP contribution in [-0.2, 0) is 7.05 Å². The molecule has 18 heavy (non-hydrogen) atoms. The van der Waals surface area contributed by atoms with Gasteiger partial charge in [0.05, 0.1) is 11.7 Å². The third kappa shape index (κ3) is 2.58. The van der Waals surface area contributed by atoms with Crippen LogP contribution < -0.4 is 11.3 Å². The molecule has 1 fully saturated rings. The van der Waals surface area contributed by atoms with Crippen LogP contribution in [0.15, 0.2) is 12.3 Å². The van der Waals surface area contributed by atoms with E-state index in [4.69, 9.17) is 5.84 Å². The van der Waals surface area contributed by atoms with E-state index < -0.39 is 0 Å². The highest BCUT2D eigenvalue weighted by Gasteiger charge is 2.37. The Labute approximate surface area is 109 Å². The molecule has 0 aromatic carbocycles. The van der Waals surface area contributed by atoms with Crippen molar-refractivity contribution in [3.63, 3.8) is 0 Å². The number of likely N-dealkylation sites (tertiary alicyclic amines) is 1. The molecule has 1 aliphatic rings. The van der Waals surface area contributed by atoms with Gasteiger partial charge in [0.2, 0.25) is 0 Å². The Morgan fingerprint density at radius 3 is 2.50 bits per heavy atom. The Balaban J connectivity index is 2.19. The Morgan fingerprint density at radius 2 is 2.00 bits per heavy atom. The molecular weight excluding hydrogens is 226 g/mol. The summed E-state index contributed by atoms with van der Waals surface area (Å²) < 4.78 is 1.83. The summed E-state index contributed by atoms with van der Waals surface area (Å²) >= 11 is 0. The van der Waals surface area contributed by atoms with Crippen LogP contribution in [0.1, 0.15) is 44.8 Å². The van der Waals surface area contributed by atoms with Crippen LogP contribution in [0.4, 0.5) is 0 Å². The highest BCUT2D eigenvalue weighted by Crippen LogP contribution is 2.31. The fraction of sp³-hybridized carbons (Fsp3) is 0.769. The zero-order valence-corrected chi connectivity index (χ0v) is 11.7. The van der Waals surface area contributed by atoms with Crippen LogP contribution in [0.2, 0.25) is 0 Å². The van der Waals surface area contributed by atoms with Crippen molar-refractivity contribution in [2.24, 2.45) is 12.9 Å². The molecule has 2 rings (SSSR count). The van der Waals surface area contributed by atoms with E-state index in [1.807, 2.05) is 24.0 Å². The maximum atomic E-state index is 5.78. The van der Waals surface area contributed by atoms with E-state index >= 15 is 0 Å². The van der Waals surface area contributed by atoms with Gasteiger partial charge in [-0.05, 0) is 45.8 Å². The van der Waals surface area contributed by atoms with Crippen LogP contribution in [0.3, 0.4) is 0 Å². The molecule has 0 aliphatic carbocycles. The van der Waals surface area contributed by atoms with Gasteiger partial charge in [-0.1, -0.05) is 6.42 Å². The number of piperidine rings is 1. The minimum atomic E-state index is -0.0243. The molecule has 0 amide bonds. The van der Waals surface area contributed by atoms with Gasteiger partial charge < -0.3 is 0 Å². The normalized spacial score (nSPS) is 20.0. The zero-order chi connectivity index (χ0) is 13.2. The summed E-state index contributed by atoms with van der Waals surface area (Å²) in [6.45, 7) is 6.80. The molecule has 0 radical (unpaired) electrons. The fourth-order valence-corrected chi connectivity index (χ4v) is 2.89. The number of aryl methyl sites for hydroxylation is 1. The fourth-order valence-electron chi connectivity index (χ4n) is 2.89. The first kappa shape index (κ1) is 13.5. The third-order valence-corrected chi connectivity index (χ3v) is 4.07. The van der Waals surface area contributed by atoms with Crippen LogP contribution >= 0.6 is 0 Å². The SMILES string of the molecule is Cn1ccc(C(NN)C(C)(C)N2CCCCC2)n1. The van der Waals surface area contributed by atoms with Crippen molar-refractivity contribution in [2.45, 2.75) is 44.7 Å². The molecule has 1 atom stereocenters. The van der Waals surface area contributed by atoms with Crippen molar-refractivity contribution in [1.29, 1.82) is 0 Å². The molecule has 1 aliphatic heterocycles. The van der Waals surface area contributed by atoms with E-state index in [1.54, 1.807) is 0 Å². The van der Waals surface area contributed by atoms with Crippen molar-refractivity contribution in [3.05, 3.63) is 18.0 Å². The van der Waals surface area contributed by atoms with Crippen LogP contribution in [0.25, 0.3) is 0 Å². The van der Waals surface area contributed by atoms with E-state index in [0.717, 1.165) is 18.8 Å². The van der Waals surface area contributed by atoms with Gasteiger partial charge in [0.1, 0.15) is 0 Å². The second-order valence-electron chi connectivity index (χ2n) is 5.72. The quantitative estimate of drug-likeness (QED) is 0.623. The second-order valence-corrected chi connectivity index (χ2v) is 5.72. The average Bonchev–Trinajstić information content (AvgIpc) is 2.77. The van der Waals surface area contributed by atoms with Gasteiger partial charge >= 0.3 is 0 Å². The number of nitrogens with zero attached hydrogens (tertiary/aromatic N) is 3. The van der Waals surface area contributed by atoms with Crippen molar-refractivity contribution in [2.75, 3.05) is 13.1 Å². The van der Waals surface area contributed by atoms with Crippen molar-refractivity contribution in [3.8, 4) is 0 Å². The Morgan fingerprint density at radius 1 is 1.33 bits per heavy atom. The molecule has 0 spiro atoms. The molecule has 0 saturated carbocycles. The summed E-state index contributed by atoms with van der Waals surface area (Å²) in [6, 6.07) is 2.09. The predicted octanol–water partition coefficient (Wildman–Crippen LogP) is 1.19. The van der Waals surface area contributed by atoms with E-state index in [1.165, 1.54) is 19.3 Å². The second kappa shape index (κ2) is 5.38. The number of rotatable bonds is 4. The predicted molar refractivity (Wildman–Crippen MR) is 72.8 cm³/mol. The first-order chi connectivity index (χ1) is 8.55. The Hall–Kier alpha value is -0.910. The average molecular weight is 251 g/mol. The Bertz CT molecular complexity index is 378. The first-order valence-electron chi connectivity index (χ1n) is 6.76. The molecule has 102 valence electrons. The lowest BCUT2D eigenvalue weighted by Gasteiger charge is -2.45. The van der Waals surface area contributed by atoms with Crippen molar-refractivity contribution >= 4 is 0 Å². The molecule has 5 heteroatoms. The van der Waals surface area contributed by atoms with E-state index in [-0.39, 0.29) is 11.6 Å². The van der Waals surface area contributed by atoms with Crippen molar-refractivity contribution in [1.82, 2.24) is 20.1 Å². The lowest BCUT2D eigenvalue weighted by atomic mass is 9.88. The number of hydrogen-bond acceptors (Lipinski definition) is 4. The maximum absolute atomic E-state index is 5.78. The number of aromatic nitrogens is 2. The van der Waals surface area contributed by atoms with Crippen molar-refractivity contribution < 1.29 is 0 Å². The van der Waals surface area contributed by atoms with Crippen LogP contribution in [0.5, 0.6) is 0 Å². The summed E-state index contributed by atoms with van der Waals surface area (Å²) in [6.07, 6.45) is 5.87. The zero-order valence-electron chi connectivity index (χ0n) is 11.7. The third-order valence-electron chi connectivity index (χ3n) is 4.07. The number of nitrogens with one attached hydrogen (secondary N) is 1. The largest absolute Gasteiger partial charge is 0.296 e. The highest BCUT2D eigenvalue weighted by atomic mass is 15.3. The lowest BCUT2D eigenvalue weighted by molar-refractivity contribution is 0.0593. The van der Waals surface area contributed by atoms with Gasteiger partial charge in [0.15, 0.2) is 0 Å². The topological polar surface area (TPSA) is 59.1 Å². The van der Waals surface area contributed by atoms with E-state index in [9.17, 15) is 0 Å². The number of hydrogen-bond donors (Lipinski definition) is 2. The van der Waals surface area contributed by atoms with Gasteiger partial charge in [-0.3, -0.25) is 15.4 Å². The maximum Gasteiger partial charge on any atom is 0.0828 e. The number of nitrogens with two attached hydrogens (primary N) is 1. The standard InChI is InChI=1S/C13H25N5/c1-13(2,18-8-5-4-6-9-18)12(15-14)11-7-10-17(3)16-11/h7,10,12,15H,4-6,8-9,14H2,1-3H3. The van der Waals surface area contributed by atoms with Gasteiger partial charge in [-0.2, -0.15) is 5.10 Å². The van der Waals surface area contributed by atoms with Crippen LogP contribution in [-0.4, -0.2) is 33.3 Å². The molecular formula is C13H25N5. The van der Waals surface area contributed by atoms with Crippen LogP contribution in [0, 0.1) is 0 Å². The molecule has 5 nitrogen and oxygen atoms in total. The van der Waals surface area contributed by atoms with Gasteiger partial charge in [0, 0.05) is 18.8 Å². The Kier molecular flexibility index (Phi) is 4.04. The summed E-state index contributed by atoms with van der Waals surface area (Å²) in [5, 5.41) is 4.49. The summed E-state index contributed by atoms with van der Waals surface area (Å²) in [4.78, 5) is 2.52. The summed E-state index contributed by atoms with van der Waals surface area (Å²) in [5.41, 5.74) is 3.94. The summed E-state index contributed by atoms with van der Waals surface area (Å²) in [5.74, 6) is 5.78.